The van der Waals surface area contributed by atoms with Crippen LogP contribution in [0.25, 0.3) is 0 Å². The highest BCUT2D eigenvalue weighted by Gasteiger charge is 2.37. The maximum Gasteiger partial charge on any atom is 0.309 e. The zero-order valence-corrected chi connectivity index (χ0v) is 11.3. The second kappa shape index (κ2) is 5.40. The Balaban J connectivity index is 3.07. The summed E-state index contributed by atoms with van der Waals surface area (Å²) in [5.74, 6) is -1.78. The Labute approximate surface area is 108 Å². The molecule has 0 radical (unpaired) electrons. The molecule has 0 amide bonds. The second-order valence-corrected chi connectivity index (χ2v) is 4.89. The zero-order chi connectivity index (χ0) is 13.9. The SMILES string of the molecule is CCC(C(=O)O)C(C)(O)c1ccc(N(C)C)cc1. The molecule has 2 N–H and O–H groups in total. The molecule has 18 heavy (non-hydrogen) atoms. The average molecular weight is 251 g/mol. The molecule has 0 heterocycles. The van der Waals surface area contributed by atoms with Crippen LogP contribution in [0, 0.1) is 5.92 Å². The molecule has 2 atom stereocenters. The summed E-state index contributed by atoms with van der Waals surface area (Å²) in [5.41, 5.74) is 0.283. The van der Waals surface area contributed by atoms with Crippen LogP contribution in [0.3, 0.4) is 0 Å². The fraction of sp³-hybridized carbons (Fsp3) is 0.500. The molecule has 0 spiro atoms. The van der Waals surface area contributed by atoms with E-state index in [1.165, 1.54) is 0 Å². The summed E-state index contributed by atoms with van der Waals surface area (Å²) in [6.07, 6.45) is 0.387. The van der Waals surface area contributed by atoms with Crippen molar-refractivity contribution in [3.05, 3.63) is 29.8 Å². The molecule has 1 rings (SSSR count). The number of carboxylic acid groups (broad SMARTS) is 1. The highest BCUT2D eigenvalue weighted by molar-refractivity contribution is 5.72. The summed E-state index contributed by atoms with van der Waals surface area (Å²) in [6.45, 7) is 3.32. The van der Waals surface area contributed by atoms with E-state index in [0.717, 1.165) is 5.69 Å². The molecule has 0 saturated heterocycles. The van der Waals surface area contributed by atoms with Crippen molar-refractivity contribution < 1.29 is 15.0 Å². The van der Waals surface area contributed by atoms with E-state index in [1.54, 1.807) is 26.0 Å². The molecule has 0 aliphatic rings. The normalized spacial score (nSPS) is 15.8. The van der Waals surface area contributed by atoms with Crippen molar-refractivity contribution in [2.45, 2.75) is 25.9 Å². The predicted molar refractivity (Wildman–Crippen MR) is 71.8 cm³/mol. The Morgan fingerprint density at radius 1 is 1.33 bits per heavy atom. The van der Waals surface area contributed by atoms with E-state index in [2.05, 4.69) is 0 Å². The van der Waals surface area contributed by atoms with Gasteiger partial charge in [-0.05, 0) is 31.0 Å². The number of nitrogens with zero attached hydrogens (tertiary/aromatic N) is 1. The van der Waals surface area contributed by atoms with Crippen molar-refractivity contribution in [3.63, 3.8) is 0 Å². The molecule has 0 saturated carbocycles. The first-order chi connectivity index (χ1) is 8.30. The van der Waals surface area contributed by atoms with E-state index in [0.29, 0.717) is 12.0 Å². The van der Waals surface area contributed by atoms with Crippen LogP contribution in [0.4, 0.5) is 5.69 Å². The molecule has 0 fully saturated rings. The van der Waals surface area contributed by atoms with Crippen molar-refractivity contribution in [2.24, 2.45) is 5.92 Å². The molecule has 0 aliphatic heterocycles. The van der Waals surface area contributed by atoms with Crippen molar-refractivity contribution in [1.82, 2.24) is 0 Å². The molecular formula is C14H21NO3. The van der Waals surface area contributed by atoms with E-state index < -0.39 is 17.5 Å². The number of rotatable bonds is 5. The van der Waals surface area contributed by atoms with Gasteiger partial charge < -0.3 is 15.1 Å². The highest BCUT2D eigenvalue weighted by atomic mass is 16.4. The molecule has 1 aromatic carbocycles. The predicted octanol–water partition coefficient (Wildman–Crippen LogP) is 2.07. The molecule has 2 unspecified atom stereocenters. The van der Waals surface area contributed by atoms with Gasteiger partial charge in [0.2, 0.25) is 0 Å². The van der Waals surface area contributed by atoms with E-state index in [4.69, 9.17) is 5.11 Å². The number of aliphatic carboxylic acids is 1. The Kier molecular flexibility index (Phi) is 4.35. The van der Waals surface area contributed by atoms with Gasteiger partial charge in [0.1, 0.15) is 5.60 Å². The van der Waals surface area contributed by atoms with Crippen LogP contribution in [-0.4, -0.2) is 30.3 Å². The third-order valence-corrected chi connectivity index (χ3v) is 3.35. The Morgan fingerprint density at radius 3 is 2.17 bits per heavy atom. The van der Waals surface area contributed by atoms with Gasteiger partial charge in [-0.25, -0.2) is 0 Å². The summed E-state index contributed by atoms with van der Waals surface area (Å²) in [5, 5.41) is 19.6. The summed E-state index contributed by atoms with van der Waals surface area (Å²) < 4.78 is 0. The lowest BCUT2D eigenvalue weighted by molar-refractivity contribution is -0.152. The van der Waals surface area contributed by atoms with Gasteiger partial charge in [-0.1, -0.05) is 19.1 Å². The average Bonchev–Trinajstić information content (AvgIpc) is 2.29. The lowest BCUT2D eigenvalue weighted by Gasteiger charge is -2.30. The number of carboxylic acids is 1. The minimum Gasteiger partial charge on any atom is -0.481 e. The van der Waals surface area contributed by atoms with Gasteiger partial charge in [-0.3, -0.25) is 4.79 Å². The molecule has 0 aliphatic carbocycles. The topological polar surface area (TPSA) is 60.8 Å². The first kappa shape index (κ1) is 14.5. The molecule has 4 nitrogen and oxygen atoms in total. The molecular weight excluding hydrogens is 230 g/mol. The number of anilines is 1. The quantitative estimate of drug-likeness (QED) is 0.841. The summed E-state index contributed by atoms with van der Waals surface area (Å²) in [4.78, 5) is 13.1. The summed E-state index contributed by atoms with van der Waals surface area (Å²) in [6, 6.07) is 7.30. The number of carbonyl (C=O) groups is 1. The Hall–Kier alpha value is -1.55. The van der Waals surface area contributed by atoms with Gasteiger partial charge in [-0.15, -0.1) is 0 Å². The van der Waals surface area contributed by atoms with Gasteiger partial charge in [0.05, 0.1) is 5.92 Å². The van der Waals surface area contributed by atoms with Crippen LogP contribution in [0.2, 0.25) is 0 Å². The Morgan fingerprint density at radius 2 is 1.83 bits per heavy atom. The smallest absolute Gasteiger partial charge is 0.309 e. The first-order valence-electron chi connectivity index (χ1n) is 6.03. The van der Waals surface area contributed by atoms with Crippen LogP contribution in [0.1, 0.15) is 25.8 Å². The Bertz CT molecular complexity index is 410. The minimum absolute atomic E-state index is 0.387. The summed E-state index contributed by atoms with van der Waals surface area (Å²) in [7, 11) is 3.86. The second-order valence-electron chi connectivity index (χ2n) is 4.89. The van der Waals surface area contributed by atoms with E-state index in [-0.39, 0.29) is 0 Å². The monoisotopic (exact) mass is 251 g/mol. The van der Waals surface area contributed by atoms with Gasteiger partial charge in [0, 0.05) is 19.8 Å². The molecule has 1 aromatic rings. The van der Waals surface area contributed by atoms with E-state index in [9.17, 15) is 9.90 Å². The lowest BCUT2D eigenvalue weighted by atomic mass is 9.81. The maximum absolute atomic E-state index is 11.2. The number of hydrogen-bond donors (Lipinski definition) is 2. The summed E-state index contributed by atoms with van der Waals surface area (Å²) >= 11 is 0. The number of benzene rings is 1. The van der Waals surface area contributed by atoms with E-state index >= 15 is 0 Å². The zero-order valence-electron chi connectivity index (χ0n) is 11.3. The van der Waals surface area contributed by atoms with Crippen molar-refractivity contribution >= 4 is 11.7 Å². The van der Waals surface area contributed by atoms with Crippen LogP contribution in [-0.2, 0) is 10.4 Å². The fourth-order valence-corrected chi connectivity index (χ4v) is 2.11. The largest absolute Gasteiger partial charge is 0.481 e. The van der Waals surface area contributed by atoms with Gasteiger partial charge in [0.25, 0.3) is 0 Å². The van der Waals surface area contributed by atoms with E-state index in [1.807, 2.05) is 31.1 Å². The van der Waals surface area contributed by atoms with Crippen molar-refractivity contribution in [2.75, 3.05) is 19.0 Å². The van der Waals surface area contributed by atoms with Crippen LogP contribution >= 0.6 is 0 Å². The molecule has 0 aromatic heterocycles. The number of aliphatic hydroxyl groups is 1. The molecule has 4 heteroatoms. The standard InChI is InChI=1S/C14H21NO3/c1-5-12(13(16)17)14(2,18)10-6-8-11(9-7-10)15(3)4/h6-9,12,18H,5H2,1-4H3,(H,16,17). The first-order valence-corrected chi connectivity index (χ1v) is 6.03. The third kappa shape index (κ3) is 2.82. The fourth-order valence-electron chi connectivity index (χ4n) is 2.11. The minimum atomic E-state index is -1.36. The van der Waals surface area contributed by atoms with Crippen molar-refractivity contribution in [1.29, 1.82) is 0 Å². The highest BCUT2D eigenvalue weighted by Crippen LogP contribution is 2.32. The van der Waals surface area contributed by atoms with Crippen LogP contribution in [0.5, 0.6) is 0 Å². The van der Waals surface area contributed by atoms with Crippen LogP contribution in [0.15, 0.2) is 24.3 Å². The maximum atomic E-state index is 11.2. The lowest BCUT2D eigenvalue weighted by Crippen LogP contribution is -2.36. The molecule has 100 valence electrons. The van der Waals surface area contributed by atoms with Gasteiger partial charge >= 0.3 is 5.97 Å². The van der Waals surface area contributed by atoms with Gasteiger partial charge in [0.15, 0.2) is 0 Å². The third-order valence-electron chi connectivity index (χ3n) is 3.35. The molecule has 0 bridgehead atoms. The van der Waals surface area contributed by atoms with Gasteiger partial charge in [-0.2, -0.15) is 0 Å². The van der Waals surface area contributed by atoms with Crippen molar-refractivity contribution in [3.8, 4) is 0 Å². The number of hydrogen-bond acceptors (Lipinski definition) is 3. The van der Waals surface area contributed by atoms with Crippen LogP contribution < -0.4 is 4.90 Å².